The first-order chi connectivity index (χ1) is 4.58. The lowest BCUT2D eigenvalue weighted by Gasteiger charge is -2.15. The fourth-order valence-electron chi connectivity index (χ4n) is 0.820. The molecule has 0 bridgehead atoms. The molecule has 0 spiro atoms. The van der Waals surface area contributed by atoms with Crippen LogP contribution in [0.3, 0.4) is 0 Å². The van der Waals surface area contributed by atoms with Gasteiger partial charge in [-0.25, -0.2) is 0 Å². The van der Waals surface area contributed by atoms with Gasteiger partial charge in [0.05, 0.1) is 11.4 Å². The summed E-state index contributed by atoms with van der Waals surface area (Å²) in [6, 6.07) is 0. The van der Waals surface area contributed by atoms with E-state index in [0.29, 0.717) is 5.41 Å². The van der Waals surface area contributed by atoms with Crippen molar-refractivity contribution in [2.75, 3.05) is 0 Å². The standard InChI is InChI=1S/C7H13N2P/c1-7(2,3)4-6-9-8-5-10-6/h5,10H,4H2,1-3H3. The molecule has 0 aliphatic heterocycles. The molecule has 0 aliphatic rings. The molecular formula is C7H13N2P. The third kappa shape index (κ3) is 2.49. The summed E-state index contributed by atoms with van der Waals surface area (Å²) in [6.45, 7) is 6.66. The maximum Gasteiger partial charge on any atom is 0.0808 e. The van der Waals surface area contributed by atoms with E-state index >= 15 is 0 Å². The quantitative estimate of drug-likeness (QED) is 0.622. The first kappa shape index (κ1) is 7.74. The van der Waals surface area contributed by atoms with Crippen molar-refractivity contribution < 1.29 is 0 Å². The summed E-state index contributed by atoms with van der Waals surface area (Å²) in [7, 11) is 0.732. The lowest BCUT2D eigenvalue weighted by atomic mass is 9.93. The summed E-state index contributed by atoms with van der Waals surface area (Å²) in [6.07, 6.45) is 1.07. The van der Waals surface area contributed by atoms with E-state index in [9.17, 15) is 0 Å². The van der Waals surface area contributed by atoms with Gasteiger partial charge in [0.25, 0.3) is 0 Å². The summed E-state index contributed by atoms with van der Waals surface area (Å²) in [4.78, 5) is 0. The van der Waals surface area contributed by atoms with Gasteiger partial charge in [0, 0.05) is 0 Å². The van der Waals surface area contributed by atoms with E-state index in [-0.39, 0.29) is 0 Å². The van der Waals surface area contributed by atoms with Gasteiger partial charge >= 0.3 is 0 Å². The van der Waals surface area contributed by atoms with Crippen molar-refractivity contribution >= 4 is 8.19 Å². The highest BCUT2D eigenvalue weighted by atomic mass is 31.0. The summed E-state index contributed by atoms with van der Waals surface area (Å²) in [5.41, 5.74) is 1.60. The van der Waals surface area contributed by atoms with Crippen LogP contribution in [0.15, 0.2) is 5.93 Å². The van der Waals surface area contributed by atoms with Gasteiger partial charge in [-0.05, 0) is 11.8 Å². The largest absolute Gasteiger partial charge is 0.154 e. The van der Waals surface area contributed by atoms with Crippen LogP contribution in [-0.4, -0.2) is 10.2 Å². The molecule has 0 fully saturated rings. The Morgan fingerprint density at radius 2 is 2.20 bits per heavy atom. The number of hydrogen-bond donors (Lipinski definition) is 0. The molecule has 1 aromatic rings. The van der Waals surface area contributed by atoms with Crippen molar-refractivity contribution in [2.24, 2.45) is 5.41 Å². The minimum absolute atomic E-state index is 0.361. The Bertz CT molecular complexity index is 186. The van der Waals surface area contributed by atoms with Crippen molar-refractivity contribution in [3.8, 4) is 0 Å². The molecule has 2 nitrogen and oxygen atoms in total. The van der Waals surface area contributed by atoms with E-state index in [1.54, 1.807) is 0 Å². The molecule has 0 aliphatic carbocycles. The van der Waals surface area contributed by atoms with Crippen LogP contribution in [0, 0.1) is 5.41 Å². The van der Waals surface area contributed by atoms with Gasteiger partial charge in [-0.3, -0.25) is 0 Å². The van der Waals surface area contributed by atoms with Crippen LogP contribution in [0.1, 0.15) is 26.2 Å². The third-order valence-electron chi connectivity index (χ3n) is 1.17. The molecule has 1 aromatic heterocycles. The van der Waals surface area contributed by atoms with E-state index in [0.717, 1.165) is 14.6 Å². The molecule has 0 aromatic carbocycles. The fourth-order valence-corrected chi connectivity index (χ4v) is 1.83. The molecule has 56 valence electrons. The van der Waals surface area contributed by atoms with Crippen LogP contribution in [0.2, 0.25) is 0 Å². The number of nitrogens with zero attached hydrogens (tertiary/aromatic N) is 2. The van der Waals surface area contributed by atoms with Crippen molar-refractivity contribution in [1.82, 2.24) is 10.2 Å². The van der Waals surface area contributed by atoms with Gasteiger partial charge in [0.15, 0.2) is 0 Å². The van der Waals surface area contributed by atoms with Crippen molar-refractivity contribution in [2.45, 2.75) is 27.2 Å². The fraction of sp³-hybridized carbons (Fsp3) is 0.714. The van der Waals surface area contributed by atoms with Gasteiger partial charge in [0.1, 0.15) is 0 Å². The number of aromatic nitrogens is 2. The molecule has 1 heterocycles. The Kier molecular flexibility index (Phi) is 2.10. The number of hydrogen-bond acceptors (Lipinski definition) is 2. The highest BCUT2D eigenvalue weighted by molar-refractivity contribution is 7.29. The minimum Gasteiger partial charge on any atom is -0.154 e. The second kappa shape index (κ2) is 2.71. The molecule has 3 heteroatoms. The maximum atomic E-state index is 4.02. The van der Waals surface area contributed by atoms with Crippen molar-refractivity contribution in [3.63, 3.8) is 0 Å². The van der Waals surface area contributed by atoms with Crippen LogP contribution >= 0.6 is 8.19 Å². The van der Waals surface area contributed by atoms with E-state index < -0.39 is 0 Å². The second-order valence-corrected chi connectivity index (χ2v) is 4.80. The Morgan fingerprint density at radius 1 is 1.50 bits per heavy atom. The number of rotatable bonds is 1. The van der Waals surface area contributed by atoms with Crippen LogP contribution in [0.25, 0.3) is 0 Å². The van der Waals surface area contributed by atoms with E-state index in [4.69, 9.17) is 0 Å². The molecule has 10 heavy (non-hydrogen) atoms. The van der Waals surface area contributed by atoms with Crippen LogP contribution in [0.4, 0.5) is 0 Å². The van der Waals surface area contributed by atoms with Crippen molar-refractivity contribution in [3.05, 3.63) is 11.4 Å². The summed E-state index contributed by atoms with van der Waals surface area (Å²) < 4.78 is 0. The first-order valence-corrected chi connectivity index (χ1v) is 4.50. The molecule has 0 N–H and O–H groups in total. The maximum absolute atomic E-state index is 4.02. The lowest BCUT2D eigenvalue weighted by molar-refractivity contribution is 0.409. The predicted octanol–water partition coefficient (Wildman–Crippen LogP) is 2.10. The van der Waals surface area contributed by atoms with Gasteiger partial charge < -0.3 is 0 Å². The monoisotopic (exact) mass is 156 g/mol. The van der Waals surface area contributed by atoms with Gasteiger partial charge in [-0.1, -0.05) is 29.0 Å². The summed E-state index contributed by atoms with van der Waals surface area (Å²) in [5.74, 6) is 1.89. The summed E-state index contributed by atoms with van der Waals surface area (Å²) in [5, 5.41) is 7.84. The molecule has 0 radical (unpaired) electrons. The molecule has 1 unspecified atom stereocenters. The zero-order valence-electron chi connectivity index (χ0n) is 6.68. The Labute approximate surface area is 63.2 Å². The smallest absolute Gasteiger partial charge is 0.0808 e. The molecule has 1 atom stereocenters. The van der Waals surface area contributed by atoms with Crippen LogP contribution < -0.4 is 0 Å². The molecule has 0 saturated carbocycles. The van der Waals surface area contributed by atoms with Crippen molar-refractivity contribution in [1.29, 1.82) is 0 Å². The molecule has 0 saturated heterocycles. The average molecular weight is 156 g/mol. The zero-order chi connectivity index (χ0) is 7.61. The molecule has 0 amide bonds. The average Bonchev–Trinajstić information content (AvgIpc) is 2.12. The Balaban J connectivity index is 2.57. The van der Waals surface area contributed by atoms with Crippen LogP contribution in [-0.2, 0) is 6.42 Å². The van der Waals surface area contributed by atoms with Gasteiger partial charge in [-0.2, -0.15) is 10.2 Å². The highest BCUT2D eigenvalue weighted by Gasteiger charge is 2.11. The minimum atomic E-state index is 0.361. The normalized spacial score (nSPS) is 12.7. The van der Waals surface area contributed by atoms with E-state index in [1.807, 2.05) is 5.93 Å². The lowest BCUT2D eigenvalue weighted by Crippen LogP contribution is -2.08. The summed E-state index contributed by atoms with van der Waals surface area (Å²) >= 11 is 0. The Hall–Kier alpha value is -0.360. The SMILES string of the molecule is CC(C)(C)Cc1nnc[pH]1. The molecule has 1 rings (SSSR count). The van der Waals surface area contributed by atoms with Crippen LogP contribution in [0.5, 0.6) is 0 Å². The first-order valence-electron chi connectivity index (χ1n) is 3.43. The van der Waals surface area contributed by atoms with E-state index in [1.165, 1.54) is 5.43 Å². The second-order valence-electron chi connectivity index (χ2n) is 3.67. The highest BCUT2D eigenvalue weighted by Crippen LogP contribution is 2.22. The zero-order valence-corrected chi connectivity index (χ0v) is 7.68. The van der Waals surface area contributed by atoms with Gasteiger partial charge in [-0.15, -0.1) is 0 Å². The molecular weight excluding hydrogens is 143 g/mol. The Morgan fingerprint density at radius 3 is 2.60 bits per heavy atom. The van der Waals surface area contributed by atoms with Gasteiger partial charge in [0.2, 0.25) is 0 Å². The third-order valence-corrected chi connectivity index (χ3v) is 2.02. The predicted molar refractivity (Wildman–Crippen MR) is 44.7 cm³/mol. The topological polar surface area (TPSA) is 25.8 Å². The van der Waals surface area contributed by atoms with E-state index in [2.05, 4.69) is 31.0 Å².